The van der Waals surface area contributed by atoms with Crippen molar-refractivity contribution in [1.29, 1.82) is 0 Å². The molecule has 0 fully saturated rings. The van der Waals surface area contributed by atoms with E-state index in [4.69, 9.17) is 0 Å². The lowest BCUT2D eigenvalue weighted by Crippen LogP contribution is -2.31. The first-order chi connectivity index (χ1) is 5.83. The Bertz CT molecular complexity index is 230. The second kappa shape index (κ2) is 4.56. The number of rotatable bonds is 4. The van der Waals surface area contributed by atoms with Gasteiger partial charge in [0.25, 0.3) is 0 Å². The van der Waals surface area contributed by atoms with Crippen LogP contribution in [0.25, 0.3) is 0 Å². The Morgan fingerprint density at radius 2 is 2.50 bits per heavy atom. The first-order valence-corrected chi connectivity index (χ1v) is 3.86. The van der Waals surface area contributed by atoms with Crippen LogP contribution in [0.3, 0.4) is 0 Å². The smallest absolute Gasteiger partial charge is 0.233 e. The van der Waals surface area contributed by atoms with Gasteiger partial charge in [-0.2, -0.15) is 0 Å². The number of nitrogens with one attached hydrogen (secondary N) is 3. The van der Waals surface area contributed by atoms with Crippen molar-refractivity contribution in [3.63, 3.8) is 0 Å². The molecule has 0 aliphatic carbocycles. The molecule has 0 atom stereocenters. The van der Waals surface area contributed by atoms with E-state index in [-0.39, 0.29) is 5.91 Å². The maximum Gasteiger partial charge on any atom is 0.233 e. The van der Waals surface area contributed by atoms with Gasteiger partial charge in [0.2, 0.25) is 5.91 Å². The van der Waals surface area contributed by atoms with Gasteiger partial charge in [-0.25, -0.2) is 0 Å². The monoisotopic (exact) mass is 167 g/mol. The van der Waals surface area contributed by atoms with Crippen LogP contribution in [-0.2, 0) is 11.3 Å². The molecule has 1 rings (SSSR count). The third-order valence-electron chi connectivity index (χ3n) is 1.54. The van der Waals surface area contributed by atoms with Gasteiger partial charge in [0, 0.05) is 25.5 Å². The van der Waals surface area contributed by atoms with Crippen LogP contribution < -0.4 is 10.6 Å². The molecule has 1 aromatic heterocycles. The lowest BCUT2D eigenvalue weighted by Gasteiger charge is -2.01. The zero-order valence-corrected chi connectivity index (χ0v) is 7.05. The minimum Gasteiger partial charge on any atom is -0.364 e. The highest BCUT2D eigenvalue weighted by Gasteiger charge is 1.96. The number of hydrogen-bond donors (Lipinski definition) is 3. The highest BCUT2D eigenvalue weighted by atomic mass is 16.1. The summed E-state index contributed by atoms with van der Waals surface area (Å²) < 4.78 is 0. The fourth-order valence-corrected chi connectivity index (χ4v) is 0.877. The molecule has 66 valence electrons. The lowest BCUT2D eigenvalue weighted by molar-refractivity contribution is -0.119. The molecule has 3 N–H and O–H groups in total. The third kappa shape index (κ3) is 2.75. The molecule has 1 amide bonds. The fourth-order valence-electron chi connectivity index (χ4n) is 0.877. The summed E-state index contributed by atoms with van der Waals surface area (Å²) in [5, 5.41) is 5.53. The molecule has 1 aromatic rings. The van der Waals surface area contributed by atoms with Crippen molar-refractivity contribution >= 4 is 5.91 Å². The predicted octanol–water partition coefficient (Wildman–Crippen LogP) is -0.150. The number of aromatic amines is 1. The van der Waals surface area contributed by atoms with Crippen LogP contribution in [0.2, 0.25) is 0 Å². The summed E-state index contributed by atoms with van der Waals surface area (Å²) in [6.07, 6.45) is 1.86. The molecule has 12 heavy (non-hydrogen) atoms. The predicted molar refractivity (Wildman–Crippen MR) is 46.6 cm³/mol. The van der Waals surface area contributed by atoms with Gasteiger partial charge in [-0.1, -0.05) is 0 Å². The largest absolute Gasteiger partial charge is 0.364 e. The molecule has 0 radical (unpaired) electrons. The van der Waals surface area contributed by atoms with Crippen LogP contribution in [0.1, 0.15) is 5.69 Å². The Balaban J connectivity index is 2.15. The molecule has 0 aliphatic heterocycles. The van der Waals surface area contributed by atoms with Crippen molar-refractivity contribution in [2.24, 2.45) is 0 Å². The van der Waals surface area contributed by atoms with Crippen LogP contribution in [-0.4, -0.2) is 24.5 Å². The maximum absolute atomic E-state index is 10.8. The highest BCUT2D eigenvalue weighted by molar-refractivity contribution is 5.77. The summed E-state index contributed by atoms with van der Waals surface area (Å²) in [6.45, 7) is 1.05. The minimum atomic E-state index is 0.00144. The quantitative estimate of drug-likeness (QED) is 0.584. The third-order valence-corrected chi connectivity index (χ3v) is 1.54. The lowest BCUT2D eigenvalue weighted by atomic mass is 10.4. The van der Waals surface area contributed by atoms with Crippen LogP contribution in [0.15, 0.2) is 18.3 Å². The molecular formula is C8H13N3O. The number of amides is 1. The molecule has 0 saturated heterocycles. The Labute approximate surface area is 71.4 Å². The summed E-state index contributed by atoms with van der Waals surface area (Å²) >= 11 is 0. The fraction of sp³-hybridized carbons (Fsp3) is 0.375. The first kappa shape index (κ1) is 8.80. The Kier molecular flexibility index (Phi) is 3.35. The molecule has 4 nitrogen and oxygen atoms in total. The number of H-pyrrole nitrogens is 1. The van der Waals surface area contributed by atoms with Gasteiger partial charge in [0.1, 0.15) is 0 Å². The molecular weight excluding hydrogens is 154 g/mol. The van der Waals surface area contributed by atoms with Crippen molar-refractivity contribution < 1.29 is 4.79 Å². The van der Waals surface area contributed by atoms with E-state index in [1.54, 1.807) is 7.05 Å². The topological polar surface area (TPSA) is 56.9 Å². The van der Waals surface area contributed by atoms with Crippen LogP contribution >= 0.6 is 0 Å². The standard InChI is InChI=1S/C8H13N3O/c1-9-8(12)6-10-5-7-3-2-4-11-7/h2-4,10-11H,5-6H2,1H3,(H,9,12). The van der Waals surface area contributed by atoms with E-state index in [1.165, 1.54) is 0 Å². The van der Waals surface area contributed by atoms with Gasteiger partial charge in [-0.15, -0.1) is 0 Å². The van der Waals surface area contributed by atoms with E-state index < -0.39 is 0 Å². The average molecular weight is 167 g/mol. The normalized spacial score (nSPS) is 9.75. The maximum atomic E-state index is 10.8. The summed E-state index contributed by atoms with van der Waals surface area (Å²) in [4.78, 5) is 13.8. The average Bonchev–Trinajstić information content (AvgIpc) is 2.57. The molecule has 0 unspecified atom stereocenters. The van der Waals surface area contributed by atoms with Crippen molar-refractivity contribution in [3.8, 4) is 0 Å². The molecule has 0 bridgehead atoms. The van der Waals surface area contributed by atoms with Crippen molar-refractivity contribution in [1.82, 2.24) is 15.6 Å². The molecule has 4 heteroatoms. The molecule has 0 aromatic carbocycles. The van der Waals surface area contributed by atoms with E-state index in [9.17, 15) is 4.79 Å². The van der Waals surface area contributed by atoms with Crippen molar-refractivity contribution in [3.05, 3.63) is 24.0 Å². The highest BCUT2D eigenvalue weighted by Crippen LogP contribution is 1.91. The number of aromatic nitrogens is 1. The van der Waals surface area contributed by atoms with E-state index in [2.05, 4.69) is 15.6 Å². The number of likely N-dealkylation sites (N-methyl/N-ethyl adjacent to an activating group) is 1. The zero-order valence-electron chi connectivity index (χ0n) is 7.05. The molecule has 1 heterocycles. The first-order valence-electron chi connectivity index (χ1n) is 3.86. The van der Waals surface area contributed by atoms with Crippen LogP contribution in [0.4, 0.5) is 0 Å². The van der Waals surface area contributed by atoms with Gasteiger partial charge >= 0.3 is 0 Å². The minimum absolute atomic E-state index is 0.00144. The molecule has 0 spiro atoms. The Hall–Kier alpha value is -1.29. The Morgan fingerprint density at radius 3 is 3.08 bits per heavy atom. The second-order valence-corrected chi connectivity index (χ2v) is 2.47. The zero-order chi connectivity index (χ0) is 8.81. The van der Waals surface area contributed by atoms with E-state index >= 15 is 0 Å². The number of carbonyl (C=O) groups excluding carboxylic acids is 1. The van der Waals surface area contributed by atoms with Crippen molar-refractivity contribution in [2.45, 2.75) is 6.54 Å². The van der Waals surface area contributed by atoms with Crippen molar-refractivity contribution in [2.75, 3.05) is 13.6 Å². The van der Waals surface area contributed by atoms with Gasteiger partial charge in [0.15, 0.2) is 0 Å². The number of hydrogen-bond acceptors (Lipinski definition) is 2. The summed E-state index contributed by atoms with van der Waals surface area (Å²) in [5.74, 6) is 0.00144. The molecule has 0 aliphatic rings. The molecule has 0 saturated carbocycles. The van der Waals surface area contributed by atoms with Crippen LogP contribution in [0.5, 0.6) is 0 Å². The van der Waals surface area contributed by atoms with E-state index in [1.807, 2.05) is 18.3 Å². The van der Waals surface area contributed by atoms with Gasteiger partial charge in [-0.05, 0) is 12.1 Å². The van der Waals surface area contributed by atoms with Gasteiger partial charge in [-0.3, -0.25) is 4.79 Å². The summed E-state index contributed by atoms with van der Waals surface area (Å²) in [5.41, 5.74) is 1.08. The Morgan fingerprint density at radius 1 is 1.67 bits per heavy atom. The van der Waals surface area contributed by atoms with Crippen LogP contribution in [0, 0.1) is 0 Å². The van der Waals surface area contributed by atoms with Gasteiger partial charge < -0.3 is 15.6 Å². The second-order valence-electron chi connectivity index (χ2n) is 2.47. The SMILES string of the molecule is CNC(=O)CNCc1ccc[nH]1. The number of carbonyl (C=O) groups is 1. The van der Waals surface area contributed by atoms with E-state index in [0.717, 1.165) is 5.69 Å². The summed E-state index contributed by atoms with van der Waals surface area (Å²) in [7, 11) is 1.62. The summed E-state index contributed by atoms with van der Waals surface area (Å²) in [6, 6.07) is 3.90. The van der Waals surface area contributed by atoms with Gasteiger partial charge in [0.05, 0.1) is 6.54 Å². The van der Waals surface area contributed by atoms with E-state index in [0.29, 0.717) is 13.1 Å².